The number of nitrogens with zero attached hydrogens (tertiary/aromatic N) is 1. The fourth-order valence-electron chi connectivity index (χ4n) is 4.34. The van der Waals surface area contributed by atoms with Crippen molar-refractivity contribution in [1.29, 1.82) is 0 Å². The number of aryl methyl sites for hydroxylation is 1. The molecule has 1 aromatic carbocycles. The van der Waals surface area contributed by atoms with Gasteiger partial charge >= 0.3 is 0 Å². The number of ether oxygens (including phenoxy) is 2. The van der Waals surface area contributed by atoms with Crippen LogP contribution >= 0.6 is 11.3 Å². The number of amides is 1. The van der Waals surface area contributed by atoms with E-state index in [-0.39, 0.29) is 11.9 Å². The summed E-state index contributed by atoms with van der Waals surface area (Å²) in [4.78, 5) is 15.9. The molecule has 1 aliphatic heterocycles. The summed E-state index contributed by atoms with van der Waals surface area (Å²) < 4.78 is 11.1. The molecule has 0 saturated carbocycles. The lowest BCUT2D eigenvalue weighted by Gasteiger charge is -2.36. The molecule has 4 rings (SSSR count). The molecule has 1 amide bonds. The number of benzene rings is 1. The second kappa shape index (κ2) is 8.64. The molecule has 6 heteroatoms. The Kier molecular flexibility index (Phi) is 5.99. The van der Waals surface area contributed by atoms with Crippen LogP contribution in [-0.2, 0) is 22.4 Å². The zero-order valence-corrected chi connectivity index (χ0v) is 17.4. The van der Waals surface area contributed by atoms with Crippen LogP contribution in [0.5, 0.6) is 5.75 Å². The maximum atomic E-state index is 12.0. The van der Waals surface area contributed by atoms with Gasteiger partial charge in [-0.1, -0.05) is 12.1 Å². The lowest BCUT2D eigenvalue weighted by molar-refractivity contribution is -0.114. The van der Waals surface area contributed by atoms with Crippen LogP contribution in [0.3, 0.4) is 0 Å². The Hall–Kier alpha value is -1.89. The largest absolute Gasteiger partial charge is 0.497 e. The van der Waals surface area contributed by atoms with E-state index < -0.39 is 0 Å². The predicted octanol–water partition coefficient (Wildman–Crippen LogP) is 4.02. The second-order valence-corrected chi connectivity index (χ2v) is 8.57. The normalized spacial score (nSPS) is 18.4. The van der Waals surface area contributed by atoms with Crippen LogP contribution in [0.1, 0.15) is 47.4 Å². The van der Waals surface area contributed by atoms with E-state index >= 15 is 0 Å². The number of hydrogen-bond acceptors (Lipinski definition) is 5. The van der Waals surface area contributed by atoms with Crippen molar-refractivity contribution in [2.45, 2.75) is 38.6 Å². The zero-order chi connectivity index (χ0) is 19.5. The fourth-order valence-corrected chi connectivity index (χ4v) is 5.71. The summed E-state index contributed by atoms with van der Waals surface area (Å²) in [5, 5.41) is 4.15. The van der Waals surface area contributed by atoms with Crippen LogP contribution < -0.4 is 10.1 Å². The minimum Gasteiger partial charge on any atom is -0.497 e. The SMILES string of the molecule is COc1cccc(C(c2c(NC(C)=O)sc3c2CCCC3)N2CCOCC2)c1. The average molecular weight is 401 g/mol. The highest BCUT2D eigenvalue weighted by Crippen LogP contribution is 2.45. The van der Waals surface area contributed by atoms with Crippen molar-refractivity contribution < 1.29 is 14.3 Å². The van der Waals surface area contributed by atoms with Crippen LogP contribution in [0.4, 0.5) is 5.00 Å². The molecule has 5 nitrogen and oxygen atoms in total. The molecule has 0 bridgehead atoms. The number of thiophene rings is 1. The minimum absolute atomic E-state index is 0.00813. The van der Waals surface area contributed by atoms with E-state index in [9.17, 15) is 4.79 Å². The fraction of sp³-hybridized carbons (Fsp3) is 0.500. The van der Waals surface area contributed by atoms with Crippen molar-refractivity contribution in [3.63, 3.8) is 0 Å². The first-order valence-electron chi connectivity index (χ1n) is 10.0. The summed E-state index contributed by atoms with van der Waals surface area (Å²) in [6.07, 6.45) is 4.64. The van der Waals surface area contributed by atoms with Gasteiger partial charge < -0.3 is 14.8 Å². The topological polar surface area (TPSA) is 50.8 Å². The molecule has 1 N–H and O–H groups in total. The van der Waals surface area contributed by atoms with Crippen LogP contribution in [0.25, 0.3) is 0 Å². The summed E-state index contributed by atoms with van der Waals surface area (Å²) >= 11 is 1.77. The highest BCUT2D eigenvalue weighted by Gasteiger charge is 2.32. The number of anilines is 1. The van der Waals surface area contributed by atoms with Crippen molar-refractivity contribution >= 4 is 22.2 Å². The number of nitrogens with one attached hydrogen (secondary N) is 1. The lowest BCUT2D eigenvalue weighted by atomic mass is 9.88. The number of rotatable bonds is 5. The van der Waals surface area contributed by atoms with Crippen LogP contribution in [-0.4, -0.2) is 44.2 Å². The summed E-state index contributed by atoms with van der Waals surface area (Å²) in [5.41, 5.74) is 3.93. The number of methoxy groups -OCH3 is 1. The summed E-state index contributed by atoms with van der Waals surface area (Å²) in [6, 6.07) is 8.44. The van der Waals surface area contributed by atoms with E-state index in [1.165, 1.54) is 34.4 Å². The van der Waals surface area contributed by atoms with Gasteiger partial charge in [-0.15, -0.1) is 11.3 Å². The Bertz CT molecular complexity index is 842. The van der Waals surface area contributed by atoms with Gasteiger partial charge in [-0.25, -0.2) is 0 Å². The van der Waals surface area contributed by atoms with Crippen molar-refractivity contribution in [1.82, 2.24) is 4.90 Å². The zero-order valence-electron chi connectivity index (χ0n) is 16.6. The van der Waals surface area contributed by atoms with Gasteiger partial charge in [-0.3, -0.25) is 9.69 Å². The molecular weight excluding hydrogens is 372 g/mol. The smallest absolute Gasteiger partial charge is 0.221 e. The molecule has 1 aromatic heterocycles. The predicted molar refractivity (Wildman–Crippen MR) is 112 cm³/mol. The summed E-state index contributed by atoms with van der Waals surface area (Å²) in [7, 11) is 1.71. The van der Waals surface area contributed by atoms with E-state index in [1.54, 1.807) is 25.4 Å². The van der Waals surface area contributed by atoms with Crippen molar-refractivity contribution in [2.75, 3.05) is 38.7 Å². The molecule has 0 radical (unpaired) electrons. The van der Waals surface area contributed by atoms with Gasteiger partial charge in [0.2, 0.25) is 5.91 Å². The molecule has 0 spiro atoms. The van der Waals surface area contributed by atoms with Gasteiger partial charge in [0, 0.05) is 30.5 Å². The second-order valence-electron chi connectivity index (χ2n) is 7.46. The molecule has 1 fully saturated rings. The van der Waals surface area contributed by atoms with Crippen LogP contribution in [0, 0.1) is 0 Å². The third-order valence-corrected chi connectivity index (χ3v) is 6.82. The van der Waals surface area contributed by atoms with Gasteiger partial charge in [0.15, 0.2) is 0 Å². The van der Waals surface area contributed by atoms with E-state index in [4.69, 9.17) is 9.47 Å². The van der Waals surface area contributed by atoms with Crippen molar-refractivity contribution in [3.05, 3.63) is 45.8 Å². The number of morpholine rings is 1. The molecule has 1 aliphatic carbocycles. The van der Waals surface area contributed by atoms with Gasteiger partial charge in [-0.05, 0) is 48.9 Å². The Morgan fingerprint density at radius 3 is 2.79 bits per heavy atom. The quantitative estimate of drug-likeness (QED) is 0.824. The number of fused-ring (bicyclic) bond motifs is 1. The maximum absolute atomic E-state index is 12.0. The highest BCUT2D eigenvalue weighted by atomic mass is 32.1. The lowest BCUT2D eigenvalue weighted by Crippen LogP contribution is -2.40. The van der Waals surface area contributed by atoms with Gasteiger partial charge in [-0.2, -0.15) is 0 Å². The first-order valence-corrected chi connectivity index (χ1v) is 10.9. The molecule has 1 saturated heterocycles. The first-order chi connectivity index (χ1) is 13.7. The molecule has 2 aromatic rings. The van der Waals surface area contributed by atoms with E-state index in [0.717, 1.165) is 49.9 Å². The molecular formula is C22H28N2O3S. The molecule has 1 unspecified atom stereocenters. The van der Waals surface area contributed by atoms with Crippen LogP contribution in [0.2, 0.25) is 0 Å². The third kappa shape index (κ3) is 3.95. The number of carbonyl (C=O) groups is 1. The third-order valence-electron chi connectivity index (χ3n) is 5.60. The number of carbonyl (C=O) groups excluding carboxylic acids is 1. The van der Waals surface area contributed by atoms with Gasteiger partial charge in [0.05, 0.1) is 26.4 Å². The van der Waals surface area contributed by atoms with Crippen LogP contribution in [0.15, 0.2) is 24.3 Å². The summed E-state index contributed by atoms with van der Waals surface area (Å²) in [6.45, 7) is 4.83. The van der Waals surface area contributed by atoms with Crippen molar-refractivity contribution in [3.8, 4) is 5.75 Å². The van der Waals surface area contributed by atoms with Crippen molar-refractivity contribution in [2.24, 2.45) is 0 Å². The standard InChI is InChI=1S/C22H28N2O3S/c1-15(25)23-22-20(18-8-3-4-9-19(18)28-22)21(24-10-12-27-13-11-24)16-6-5-7-17(14-16)26-2/h5-7,14,21H,3-4,8-13H2,1-2H3,(H,23,25). The molecule has 28 heavy (non-hydrogen) atoms. The Labute approximate surface area is 170 Å². The van der Waals surface area contributed by atoms with Gasteiger partial charge in [0.25, 0.3) is 0 Å². The Morgan fingerprint density at radius 1 is 1.25 bits per heavy atom. The molecule has 1 atom stereocenters. The average Bonchev–Trinajstić information content (AvgIpc) is 3.06. The van der Waals surface area contributed by atoms with E-state index in [0.29, 0.717) is 0 Å². The Balaban J connectivity index is 1.85. The first kappa shape index (κ1) is 19.4. The number of hydrogen-bond donors (Lipinski definition) is 1. The molecule has 150 valence electrons. The monoisotopic (exact) mass is 400 g/mol. The van der Waals surface area contributed by atoms with Gasteiger partial charge in [0.1, 0.15) is 10.8 Å². The highest BCUT2D eigenvalue weighted by molar-refractivity contribution is 7.16. The minimum atomic E-state index is -0.00813. The summed E-state index contributed by atoms with van der Waals surface area (Å²) in [5.74, 6) is 0.854. The Morgan fingerprint density at radius 2 is 2.04 bits per heavy atom. The van der Waals surface area contributed by atoms with E-state index in [1.807, 2.05) is 6.07 Å². The molecule has 2 heterocycles. The van der Waals surface area contributed by atoms with E-state index in [2.05, 4.69) is 28.4 Å². The maximum Gasteiger partial charge on any atom is 0.221 e. The molecule has 2 aliphatic rings.